The van der Waals surface area contributed by atoms with Crippen LogP contribution in [-0.2, 0) is 0 Å². The second-order valence-corrected chi connectivity index (χ2v) is 2.65. The molecule has 0 unspecified atom stereocenters. The van der Waals surface area contributed by atoms with E-state index in [2.05, 4.69) is 37.7 Å². The number of nitrogens with zero attached hydrogens (tertiary/aromatic N) is 2. The SMILES string of the molecule is COc1nc(C#CCBr)cnc1N. The fourth-order valence-electron chi connectivity index (χ4n) is 0.716. The number of nitrogens with two attached hydrogens (primary N) is 1. The number of ether oxygens (including phenoxy) is 1. The van der Waals surface area contributed by atoms with Crippen molar-refractivity contribution in [1.82, 2.24) is 9.97 Å². The lowest BCUT2D eigenvalue weighted by molar-refractivity contribution is 0.398. The smallest absolute Gasteiger partial charge is 0.258 e. The summed E-state index contributed by atoms with van der Waals surface area (Å²) in [5.74, 6) is 6.17. The minimum absolute atomic E-state index is 0.270. The fraction of sp³-hybridized carbons (Fsp3) is 0.250. The number of methoxy groups -OCH3 is 1. The van der Waals surface area contributed by atoms with Crippen LogP contribution in [0.1, 0.15) is 5.69 Å². The quantitative estimate of drug-likeness (QED) is 0.584. The Balaban J connectivity index is 2.99. The molecule has 13 heavy (non-hydrogen) atoms. The topological polar surface area (TPSA) is 61.0 Å². The number of hydrogen-bond acceptors (Lipinski definition) is 4. The van der Waals surface area contributed by atoms with Gasteiger partial charge >= 0.3 is 0 Å². The molecule has 68 valence electrons. The number of nitrogen functional groups attached to an aromatic ring is 1. The number of halogens is 1. The van der Waals surface area contributed by atoms with Crippen molar-refractivity contribution in [3.05, 3.63) is 11.9 Å². The highest BCUT2D eigenvalue weighted by Gasteiger charge is 2.01. The van der Waals surface area contributed by atoms with Crippen molar-refractivity contribution in [1.29, 1.82) is 0 Å². The Kier molecular flexibility index (Phi) is 3.53. The Labute approximate surface area is 84.7 Å². The molecule has 5 heteroatoms. The van der Waals surface area contributed by atoms with Gasteiger partial charge in [-0.2, -0.15) is 4.98 Å². The fourth-order valence-corrected chi connectivity index (χ4v) is 0.856. The monoisotopic (exact) mass is 241 g/mol. The van der Waals surface area contributed by atoms with Gasteiger partial charge in [0, 0.05) is 0 Å². The van der Waals surface area contributed by atoms with Crippen molar-refractivity contribution in [3.8, 4) is 17.7 Å². The standard InChI is InChI=1S/C8H8BrN3O/c1-13-8-7(10)11-5-6(12-8)3-2-4-9/h5H,4H2,1H3,(H2,10,11). The average Bonchev–Trinajstić information content (AvgIpc) is 2.16. The third kappa shape index (κ3) is 2.60. The third-order valence-corrected chi connectivity index (χ3v) is 1.52. The summed E-state index contributed by atoms with van der Waals surface area (Å²) < 4.78 is 4.89. The predicted octanol–water partition coefficient (Wildman–Crippen LogP) is 0.814. The lowest BCUT2D eigenvalue weighted by Gasteiger charge is -2.00. The molecule has 0 saturated heterocycles. The van der Waals surface area contributed by atoms with E-state index in [0.29, 0.717) is 16.9 Å². The van der Waals surface area contributed by atoms with E-state index in [4.69, 9.17) is 10.5 Å². The van der Waals surface area contributed by atoms with Crippen LogP contribution in [0, 0.1) is 11.8 Å². The van der Waals surface area contributed by atoms with Gasteiger partial charge in [0.2, 0.25) is 0 Å². The van der Waals surface area contributed by atoms with Crippen molar-refractivity contribution >= 4 is 21.7 Å². The molecule has 0 aliphatic heterocycles. The molecule has 0 fully saturated rings. The van der Waals surface area contributed by atoms with Gasteiger partial charge in [-0.15, -0.1) is 0 Å². The minimum atomic E-state index is 0.270. The van der Waals surface area contributed by atoms with Gasteiger partial charge in [0.05, 0.1) is 18.6 Å². The molecular formula is C8H8BrN3O. The second-order valence-electron chi connectivity index (χ2n) is 2.09. The zero-order valence-electron chi connectivity index (χ0n) is 7.04. The summed E-state index contributed by atoms with van der Waals surface area (Å²) in [5.41, 5.74) is 6.02. The largest absolute Gasteiger partial charge is 0.478 e. The van der Waals surface area contributed by atoms with Crippen molar-refractivity contribution in [2.45, 2.75) is 0 Å². The van der Waals surface area contributed by atoms with Crippen molar-refractivity contribution in [3.63, 3.8) is 0 Å². The molecule has 2 N–H and O–H groups in total. The van der Waals surface area contributed by atoms with Crippen molar-refractivity contribution in [2.24, 2.45) is 0 Å². The Morgan fingerprint density at radius 2 is 2.46 bits per heavy atom. The van der Waals surface area contributed by atoms with Crippen LogP contribution in [0.2, 0.25) is 0 Å². The van der Waals surface area contributed by atoms with Gasteiger partial charge in [0.25, 0.3) is 5.88 Å². The molecular weight excluding hydrogens is 234 g/mol. The van der Waals surface area contributed by atoms with Gasteiger partial charge in [0.15, 0.2) is 5.82 Å². The highest BCUT2D eigenvalue weighted by Crippen LogP contribution is 2.13. The van der Waals surface area contributed by atoms with Gasteiger partial charge in [-0.05, 0) is 5.92 Å². The van der Waals surface area contributed by atoms with Gasteiger partial charge in [-0.25, -0.2) is 4.98 Å². The van der Waals surface area contributed by atoms with Crippen LogP contribution in [0.4, 0.5) is 5.82 Å². The summed E-state index contributed by atoms with van der Waals surface area (Å²) in [6, 6.07) is 0. The molecule has 1 aromatic heterocycles. The first-order valence-corrected chi connectivity index (χ1v) is 4.61. The van der Waals surface area contributed by atoms with Crippen molar-refractivity contribution < 1.29 is 4.74 Å². The summed E-state index contributed by atoms with van der Waals surface area (Å²) >= 11 is 3.18. The summed E-state index contributed by atoms with van der Waals surface area (Å²) in [7, 11) is 1.49. The van der Waals surface area contributed by atoms with Crippen LogP contribution >= 0.6 is 15.9 Å². The molecule has 0 amide bonds. The lowest BCUT2D eigenvalue weighted by Crippen LogP contribution is -1.99. The van der Waals surface area contributed by atoms with E-state index < -0.39 is 0 Å². The highest BCUT2D eigenvalue weighted by molar-refractivity contribution is 9.09. The first-order chi connectivity index (χ1) is 6.27. The molecule has 0 radical (unpaired) electrons. The maximum atomic E-state index is 5.47. The number of hydrogen-bond donors (Lipinski definition) is 1. The third-order valence-electron chi connectivity index (χ3n) is 1.24. The van der Waals surface area contributed by atoms with E-state index in [1.54, 1.807) is 0 Å². The number of rotatable bonds is 1. The molecule has 0 aromatic carbocycles. The molecule has 0 saturated carbocycles. The van der Waals surface area contributed by atoms with E-state index >= 15 is 0 Å². The van der Waals surface area contributed by atoms with Crippen LogP contribution in [0.15, 0.2) is 6.20 Å². The predicted molar refractivity (Wildman–Crippen MR) is 53.7 cm³/mol. The van der Waals surface area contributed by atoms with Gasteiger partial charge < -0.3 is 10.5 Å². The Hall–Kier alpha value is -1.28. The molecule has 0 bridgehead atoms. The van der Waals surface area contributed by atoms with Gasteiger partial charge in [-0.3, -0.25) is 0 Å². The second kappa shape index (κ2) is 4.67. The first-order valence-electron chi connectivity index (χ1n) is 3.49. The van der Waals surface area contributed by atoms with Crippen LogP contribution in [0.5, 0.6) is 5.88 Å². The number of alkyl halides is 1. The first kappa shape index (κ1) is 9.81. The summed E-state index contributed by atoms with van der Waals surface area (Å²) in [5, 5.41) is 0.599. The number of anilines is 1. The minimum Gasteiger partial charge on any atom is -0.478 e. The molecule has 4 nitrogen and oxygen atoms in total. The summed E-state index contributed by atoms with van der Waals surface area (Å²) in [4.78, 5) is 7.90. The highest BCUT2D eigenvalue weighted by atomic mass is 79.9. The van der Waals surface area contributed by atoms with E-state index in [1.165, 1.54) is 13.3 Å². The lowest BCUT2D eigenvalue weighted by atomic mass is 10.4. The molecule has 0 aliphatic carbocycles. The molecule has 1 rings (SSSR count). The average molecular weight is 242 g/mol. The van der Waals surface area contributed by atoms with Crippen LogP contribution in [0.3, 0.4) is 0 Å². The molecule has 0 spiro atoms. The van der Waals surface area contributed by atoms with Gasteiger partial charge in [-0.1, -0.05) is 21.9 Å². The molecule has 1 heterocycles. The van der Waals surface area contributed by atoms with Crippen LogP contribution in [0.25, 0.3) is 0 Å². The Morgan fingerprint density at radius 3 is 3.08 bits per heavy atom. The molecule has 0 aliphatic rings. The maximum Gasteiger partial charge on any atom is 0.258 e. The molecule has 1 aromatic rings. The van der Waals surface area contributed by atoms with E-state index in [-0.39, 0.29) is 5.82 Å². The summed E-state index contributed by atoms with van der Waals surface area (Å²) in [6.45, 7) is 0. The van der Waals surface area contributed by atoms with Gasteiger partial charge in [0.1, 0.15) is 5.69 Å². The van der Waals surface area contributed by atoms with E-state index in [1.807, 2.05) is 0 Å². The summed E-state index contributed by atoms with van der Waals surface area (Å²) in [6.07, 6.45) is 1.51. The zero-order chi connectivity index (χ0) is 9.68. The van der Waals surface area contributed by atoms with Crippen LogP contribution in [-0.4, -0.2) is 22.4 Å². The number of aromatic nitrogens is 2. The molecule has 0 atom stereocenters. The normalized spacial score (nSPS) is 8.77. The Bertz CT molecular complexity index is 356. The maximum absolute atomic E-state index is 5.47. The Morgan fingerprint density at radius 1 is 1.69 bits per heavy atom. The van der Waals surface area contributed by atoms with Crippen LogP contribution < -0.4 is 10.5 Å². The van der Waals surface area contributed by atoms with Crippen molar-refractivity contribution in [2.75, 3.05) is 18.2 Å². The zero-order valence-corrected chi connectivity index (χ0v) is 8.63. The van der Waals surface area contributed by atoms with E-state index in [0.717, 1.165) is 0 Å². The van der Waals surface area contributed by atoms with E-state index in [9.17, 15) is 0 Å².